The monoisotopic (exact) mass is 778 g/mol. The standard InChI is InChI=1S/C58H38N2O/c1-2-16-40(17-3-1)46-22-6-10-28-53(46)59(56-31-13-9-25-49(56)50-26-15-27-51-52-37-42-18-4-5-19-43(42)38-57(52)61-58(50)51)44-34-32-39(33-35-44)41-20-14-21-45(36-41)60-54-29-11-7-23-47(54)48-24-8-12-30-55(48)60/h1-38H. The summed E-state index contributed by atoms with van der Waals surface area (Å²) in [5.74, 6) is 0. The van der Waals surface area contributed by atoms with Crippen LogP contribution < -0.4 is 4.90 Å². The highest BCUT2D eigenvalue weighted by atomic mass is 16.3. The number of benzene rings is 10. The van der Waals surface area contributed by atoms with E-state index in [2.05, 4.69) is 240 Å². The highest BCUT2D eigenvalue weighted by Crippen LogP contribution is 2.47. The van der Waals surface area contributed by atoms with E-state index in [4.69, 9.17) is 4.42 Å². The molecule has 2 heterocycles. The maximum Gasteiger partial charge on any atom is 0.143 e. The van der Waals surface area contributed by atoms with Gasteiger partial charge in [-0.05, 0) is 88.1 Å². The van der Waals surface area contributed by atoms with Crippen LogP contribution in [0.25, 0.3) is 93.6 Å². The lowest BCUT2D eigenvalue weighted by Gasteiger charge is -2.30. The van der Waals surface area contributed by atoms with Crippen molar-refractivity contribution in [2.24, 2.45) is 0 Å². The van der Waals surface area contributed by atoms with Gasteiger partial charge in [-0.3, -0.25) is 0 Å². The molecule has 3 heteroatoms. The second-order valence-electron chi connectivity index (χ2n) is 15.7. The van der Waals surface area contributed by atoms with Gasteiger partial charge in [-0.25, -0.2) is 0 Å². The summed E-state index contributed by atoms with van der Waals surface area (Å²) in [6, 6.07) is 82.8. The first-order valence-corrected chi connectivity index (χ1v) is 20.8. The predicted molar refractivity (Wildman–Crippen MR) is 257 cm³/mol. The lowest BCUT2D eigenvalue weighted by molar-refractivity contribution is 0.670. The van der Waals surface area contributed by atoms with Crippen molar-refractivity contribution in [3.63, 3.8) is 0 Å². The van der Waals surface area contributed by atoms with Gasteiger partial charge in [0.05, 0.1) is 22.4 Å². The fourth-order valence-corrected chi connectivity index (χ4v) is 9.36. The molecular weight excluding hydrogens is 741 g/mol. The van der Waals surface area contributed by atoms with E-state index >= 15 is 0 Å². The van der Waals surface area contributed by atoms with Gasteiger partial charge in [0.15, 0.2) is 0 Å². The molecule has 0 atom stereocenters. The molecule has 286 valence electrons. The molecule has 0 spiro atoms. The Hall–Kier alpha value is -8.14. The first-order chi connectivity index (χ1) is 30.3. The van der Waals surface area contributed by atoms with E-state index in [1.807, 2.05) is 0 Å². The molecular formula is C58H38N2O. The zero-order valence-electron chi connectivity index (χ0n) is 33.2. The molecule has 0 saturated carbocycles. The van der Waals surface area contributed by atoms with Crippen molar-refractivity contribution < 1.29 is 4.42 Å². The van der Waals surface area contributed by atoms with E-state index < -0.39 is 0 Å². The molecule has 0 saturated heterocycles. The Morgan fingerprint density at radius 3 is 1.66 bits per heavy atom. The van der Waals surface area contributed by atoms with Crippen LogP contribution in [0.3, 0.4) is 0 Å². The van der Waals surface area contributed by atoms with Gasteiger partial charge in [0, 0.05) is 49.6 Å². The second-order valence-corrected chi connectivity index (χ2v) is 15.7. The molecule has 0 radical (unpaired) electrons. The van der Waals surface area contributed by atoms with Gasteiger partial charge in [-0.15, -0.1) is 0 Å². The van der Waals surface area contributed by atoms with E-state index in [0.29, 0.717) is 0 Å². The highest BCUT2D eigenvalue weighted by molar-refractivity contribution is 6.14. The summed E-state index contributed by atoms with van der Waals surface area (Å²) in [6.45, 7) is 0. The maximum atomic E-state index is 6.81. The lowest BCUT2D eigenvalue weighted by atomic mass is 9.97. The molecule has 0 aliphatic rings. The average Bonchev–Trinajstić information content (AvgIpc) is 3.87. The Bertz CT molecular complexity index is 3540. The van der Waals surface area contributed by atoms with E-state index in [0.717, 1.165) is 78.1 Å². The minimum Gasteiger partial charge on any atom is -0.455 e. The van der Waals surface area contributed by atoms with Crippen molar-refractivity contribution in [2.75, 3.05) is 4.90 Å². The summed E-state index contributed by atoms with van der Waals surface area (Å²) < 4.78 is 9.20. The van der Waals surface area contributed by atoms with Gasteiger partial charge < -0.3 is 13.9 Å². The van der Waals surface area contributed by atoms with Crippen LogP contribution in [0.5, 0.6) is 0 Å². The van der Waals surface area contributed by atoms with Crippen LogP contribution in [0, 0.1) is 0 Å². The van der Waals surface area contributed by atoms with E-state index in [9.17, 15) is 0 Å². The first-order valence-electron chi connectivity index (χ1n) is 20.8. The minimum atomic E-state index is 0.884. The summed E-state index contributed by atoms with van der Waals surface area (Å²) >= 11 is 0. The molecule has 0 N–H and O–H groups in total. The Kier molecular flexibility index (Phi) is 8.17. The number of aromatic nitrogens is 1. The van der Waals surface area contributed by atoms with Crippen molar-refractivity contribution in [1.82, 2.24) is 4.57 Å². The maximum absolute atomic E-state index is 6.81. The first kappa shape index (κ1) is 34.9. The van der Waals surface area contributed by atoms with Crippen LogP contribution in [0.1, 0.15) is 0 Å². The van der Waals surface area contributed by atoms with Gasteiger partial charge in [-0.2, -0.15) is 0 Å². The summed E-state index contributed by atoms with van der Waals surface area (Å²) in [4.78, 5) is 2.41. The van der Waals surface area contributed by atoms with Crippen LogP contribution in [-0.4, -0.2) is 4.57 Å². The number of furan rings is 1. The quantitative estimate of drug-likeness (QED) is 0.161. The zero-order valence-corrected chi connectivity index (χ0v) is 33.2. The molecule has 0 bridgehead atoms. The van der Waals surface area contributed by atoms with Gasteiger partial charge in [0.1, 0.15) is 11.2 Å². The molecule has 0 amide bonds. The number of fused-ring (bicyclic) bond motifs is 7. The number of anilines is 3. The molecule has 0 fully saturated rings. The van der Waals surface area contributed by atoms with E-state index in [1.165, 1.54) is 32.6 Å². The summed E-state index contributed by atoms with van der Waals surface area (Å²) in [6.07, 6.45) is 0. The van der Waals surface area contributed by atoms with Crippen LogP contribution in [0.15, 0.2) is 235 Å². The third-order valence-electron chi connectivity index (χ3n) is 12.2. The Morgan fingerprint density at radius 1 is 0.344 bits per heavy atom. The van der Waals surface area contributed by atoms with Gasteiger partial charge in [0.25, 0.3) is 0 Å². The van der Waals surface area contributed by atoms with Crippen molar-refractivity contribution in [3.8, 4) is 39.1 Å². The molecule has 0 aliphatic heterocycles. The lowest BCUT2D eigenvalue weighted by Crippen LogP contribution is -2.12. The number of hydrogen-bond donors (Lipinski definition) is 0. The Balaban J connectivity index is 1.02. The topological polar surface area (TPSA) is 21.3 Å². The molecule has 12 rings (SSSR count). The van der Waals surface area contributed by atoms with Gasteiger partial charge in [0.2, 0.25) is 0 Å². The number of rotatable bonds is 7. The zero-order chi connectivity index (χ0) is 40.3. The minimum absolute atomic E-state index is 0.884. The number of para-hydroxylation sites is 5. The van der Waals surface area contributed by atoms with Crippen LogP contribution >= 0.6 is 0 Å². The van der Waals surface area contributed by atoms with Gasteiger partial charge >= 0.3 is 0 Å². The SMILES string of the molecule is c1ccc(-c2ccccc2N(c2ccc(-c3cccc(-n4c5ccccc5c5ccccc54)c3)cc2)c2ccccc2-c2cccc3c2oc2cc4ccccc4cc23)cc1. The van der Waals surface area contributed by atoms with E-state index in [1.54, 1.807) is 0 Å². The van der Waals surface area contributed by atoms with Crippen LogP contribution in [0.2, 0.25) is 0 Å². The van der Waals surface area contributed by atoms with Crippen LogP contribution in [0.4, 0.5) is 17.1 Å². The third-order valence-corrected chi connectivity index (χ3v) is 12.2. The summed E-state index contributed by atoms with van der Waals surface area (Å²) in [7, 11) is 0. The van der Waals surface area contributed by atoms with Crippen molar-refractivity contribution >= 4 is 71.6 Å². The molecule has 3 nitrogen and oxygen atoms in total. The molecule has 2 aromatic heterocycles. The normalized spacial score (nSPS) is 11.6. The fraction of sp³-hybridized carbons (Fsp3) is 0. The van der Waals surface area contributed by atoms with Crippen LogP contribution in [-0.2, 0) is 0 Å². The second kappa shape index (κ2) is 14.3. The van der Waals surface area contributed by atoms with E-state index in [-0.39, 0.29) is 0 Å². The Labute approximate surface area is 353 Å². The van der Waals surface area contributed by atoms with Crippen molar-refractivity contribution in [3.05, 3.63) is 231 Å². The number of nitrogens with zero attached hydrogens (tertiary/aromatic N) is 2. The molecule has 0 unspecified atom stereocenters. The highest BCUT2D eigenvalue weighted by Gasteiger charge is 2.23. The Morgan fingerprint density at radius 2 is 0.902 bits per heavy atom. The average molecular weight is 779 g/mol. The molecule has 10 aromatic carbocycles. The van der Waals surface area contributed by atoms with Gasteiger partial charge in [-0.1, -0.05) is 170 Å². The summed E-state index contributed by atoms with van der Waals surface area (Å²) in [5.41, 5.74) is 15.3. The molecule has 0 aliphatic carbocycles. The third kappa shape index (κ3) is 5.82. The fourth-order valence-electron chi connectivity index (χ4n) is 9.36. The molecule has 12 aromatic rings. The molecule has 61 heavy (non-hydrogen) atoms. The largest absolute Gasteiger partial charge is 0.455 e. The van der Waals surface area contributed by atoms with Crippen molar-refractivity contribution in [1.29, 1.82) is 0 Å². The summed E-state index contributed by atoms with van der Waals surface area (Å²) in [5, 5.41) is 7.12. The smallest absolute Gasteiger partial charge is 0.143 e. The number of hydrogen-bond acceptors (Lipinski definition) is 2. The van der Waals surface area contributed by atoms with Crippen molar-refractivity contribution in [2.45, 2.75) is 0 Å². The predicted octanol–water partition coefficient (Wildman–Crippen LogP) is 16.3.